The number of rotatable bonds is 10. The largest absolute Gasteiger partial charge is 0.418 e. The SMILES string of the molecule is CC(OCc1ccccc1)[C@H](O)[C@@H](/C=C/OC(=O)N(C(C)C)C(C)C)[Si](C)(C)C. The van der Waals surface area contributed by atoms with Crippen molar-refractivity contribution in [2.24, 2.45) is 0 Å². The van der Waals surface area contributed by atoms with E-state index in [9.17, 15) is 9.90 Å². The molecule has 1 amide bonds. The third-order valence-electron chi connectivity index (χ3n) is 4.98. The summed E-state index contributed by atoms with van der Waals surface area (Å²) in [4.78, 5) is 14.1. The van der Waals surface area contributed by atoms with E-state index in [1.165, 1.54) is 6.26 Å². The lowest BCUT2D eigenvalue weighted by Gasteiger charge is -2.34. The molecule has 1 aromatic rings. The lowest BCUT2D eigenvalue weighted by molar-refractivity contribution is -0.0341. The monoisotopic (exact) mass is 421 g/mol. The van der Waals surface area contributed by atoms with Crippen LogP contribution in [0.25, 0.3) is 0 Å². The highest BCUT2D eigenvalue weighted by atomic mass is 28.3. The number of hydrogen-bond acceptors (Lipinski definition) is 4. The third-order valence-corrected chi connectivity index (χ3v) is 7.52. The minimum atomic E-state index is -1.79. The molecule has 29 heavy (non-hydrogen) atoms. The maximum Gasteiger partial charge on any atom is 0.415 e. The van der Waals surface area contributed by atoms with E-state index in [0.29, 0.717) is 6.61 Å². The van der Waals surface area contributed by atoms with Gasteiger partial charge in [-0.25, -0.2) is 4.79 Å². The molecule has 0 spiro atoms. The molecule has 1 aromatic carbocycles. The van der Waals surface area contributed by atoms with Crippen molar-refractivity contribution in [2.45, 2.75) is 90.7 Å². The van der Waals surface area contributed by atoms with Crippen LogP contribution in [0.4, 0.5) is 4.79 Å². The maximum absolute atomic E-state index is 12.4. The Morgan fingerprint density at radius 3 is 2.10 bits per heavy atom. The number of hydrogen-bond donors (Lipinski definition) is 1. The van der Waals surface area contributed by atoms with Crippen LogP contribution in [0.5, 0.6) is 0 Å². The number of aliphatic hydroxyl groups excluding tert-OH is 1. The number of amides is 1. The molecule has 0 aliphatic carbocycles. The maximum atomic E-state index is 12.4. The number of aliphatic hydroxyl groups is 1. The number of carbonyl (C=O) groups is 1. The summed E-state index contributed by atoms with van der Waals surface area (Å²) in [6, 6.07) is 10.0. The van der Waals surface area contributed by atoms with E-state index in [2.05, 4.69) is 19.6 Å². The second-order valence-corrected chi connectivity index (χ2v) is 14.6. The molecule has 0 saturated heterocycles. The van der Waals surface area contributed by atoms with Crippen molar-refractivity contribution in [3.05, 3.63) is 48.2 Å². The van der Waals surface area contributed by atoms with Gasteiger partial charge in [0.1, 0.15) is 0 Å². The molecule has 0 aliphatic heterocycles. The van der Waals surface area contributed by atoms with Crippen molar-refractivity contribution in [3.63, 3.8) is 0 Å². The number of nitrogens with zero attached hydrogens (tertiary/aromatic N) is 1. The first-order valence-electron chi connectivity index (χ1n) is 10.4. The molecule has 0 aliphatic rings. The standard InChI is InChI=1S/C23H39NO4Si/c1-17(2)24(18(3)4)23(26)27-15-14-21(29(6,7)8)22(25)19(5)28-16-20-12-10-9-11-13-20/h9-15,17-19,21-22,25H,16H2,1-8H3/b15-14+/t19?,21-,22+/m1/s1. The highest BCUT2D eigenvalue weighted by molar-refractivity contribution is 6.78. The molecule has 1 rings (SSSR count). The van der Waals surface area contributed by atoms with Crippen molar-refractivity contribution < 1.29 is 19.4 Å². The van der Waals surface area contributed by atoms with Crippen LogP contribution in [0, 0.1) is 0 Å². The van der Waals surface area contributed by atoms with Gasteiger partial charge in [-0.3, -0.25) is 0 Å². The Kier molecular flexibility index (Phi) is 10.1. The van der Waals surface area contributed by atoms with Crippen LogP contribution < -0.4 is 0 Å². The molecule has 164 valence electrons. The summed E-state index contributed by atoms with van der Waals surface area (Å²) in [5.41, 5.74) is 0.968. The summed E-state index contributed by atoms with van der Waals surface area (Å²) in [6.45, 7) is 16.8. The summed E-state index contributed by atoms with van der Waals surface area (Å²) >= 11 is 0. The normalized spacial score (nSPS) is 15.6. The Bertz CT molecular complexity index is 632. The van der Waals surface area contributed by atoms with Gasteiger partial charge in [-0.15, -0.1) is 0 Å². The Balaban J connectivity index is 2.77. The van der Waals surface area contributed by atoms with Gasteiger partial charge in [0.25, 0.3) is 0 Å². The van der Waals surface area contributed by atoms with Crippen molar-refractivity contribution in [1.82, 2.24) is 4.90 Å². The quantitative estimate of drug-likeness (QED) is 0.404. The third kappa shape index (κ3) is 8.32. The molecule has 0 heterocycles. The molecular weight excluding hydrogens is 382 g/mol. The lowest BCUT2D eigenvalue weighted by atomic mass is 10.1. The zero-order valence-electron chi connectivity index (χ0n) is 19.3. The van der Waals surface area contributed by atoms with Crippen LogP contribution in [0.15, 0.2) is 42.7 Å². The van der Waals surface area contributed by atoms with Crippen molar-refractivity contribution in [1.29, 1.82) is 0 Å². The topological polar surface area (TPSA) is 59.0 Å². The first kappa shape index (κ1) is 25.4. The molecule has 6 heteroatoms. The highest BCUT2D eigenvalue weighted by Crippen LogP contribution is 2.30. The Labute approximate surface area is 177 Å². The van der Waals surface area contributed by atoms with Crippen molar-refractivity contribution in [3.8, 4) is 0 Å². The Hall–Kier alpha value is -1.63. The lowest BCUT2D eigenvalue weighted by Crippen LogP contribution is -2.42. The van der Waals surface area contributed by atoms with E-state index in [-0.39, 0.29) is 29.8 Å². The molecule has 0 fully saturated rings. The fourth-order valence-corrected chi connectivity index (χ4v) is 5.32. The van der Waals surface area contributed by atoms with E-state index < -0.39 is 14.2 Å². The average molecular weight is 422 g/mol. The zero-order chi connectivity index (χ0) is 22.2. The van der Waals surface area contributed by atoms with Gasteiger partial charge < -0.3 is 19.5 Å². The van der Waals surface area contributed by atoms with Gasteiger partial charge in [-0.05, 0) is 46.3 Å². The summed E-state index contributed by atoms with van der Waals surface area (Å²) < 4.78 is 11.3. The molecule has 5 nitrogen and oxygen atoms in total. The van der Waals surface area contributed by atoms with Gasteiger partial charge >= 0.3 is 6.09 Å². The van der Waals surface area contributed by atoms with Gasteiger partial charge in [0.05, 0.1) is 33.2 Å². The van der Waals surface area contributed by atoms with Gasteiger partial charge in [0.2, 0.25) is 0 Å². The molecule has 1 unspecified atom stereocenters. The molecule has 3 atom stereocenters. The van der Waals surface area contributed by atoms with E-state index >= 15 is 0 Å². The first-order chi connectivity index (χ1) is 13.4. The minimum Gasteiger partial charge on any atom is -0.418 e. The van der Waals surface area contributed by atoms with Gasteiger partial charge in [0.15, 0.2) is 0 Å². The number of benzene rings is 1. The summed E-state index contributed by atoms with van der Waals surface area (Å²) in [6.07, 6.45) is 1.89. The zero-order valence-corrected chi connectivity index (χ0v) is 20.3. The fraction of sp³-hybridized carbons (Fsp3) is 0.609. The van der Waals surface area contributed by atoms with Gasteiger partial charge in [-0.1, -0.05) is 50.0 Å². The van der Waals surface area contributed by atoms with E-state index in [1.54, 1.807) is 4.90 Å². The van der Waals surface area contributed by atoms with E-state index in [0.717, 1.165) is 5.56 Å². The molecule has 0 radical (unpaired) electrons. The number of ether oxygens (including phenoxy) is 2. The van der Waals surface area contributed by atoms with Crippen LogP contribution in [0.3, 0.4) is 0 Å². The summed E-state index contributed by atoms with van der Waals surface area (Å²) in [7, 11) is -1.79. The first-order valence-corrected chi connectivity index (χ1v) is 14.0. The van der Waals surface area contributed by atoms with Gasteiger partial charge in [-0.2, -0.15) is 0 Å². The van der Waals surface area contributed by atoms with Crippen LogP contribution in [0.1, 0.15) is 40.2 Å². The van der Waals surface area contributed by atoms with Crippen molar-refractivity contribution in [2.75, 3.05) is 0 Å². The molecule has 0 aromatic heterocycles. The Morgan fingerprint density at radius 1 is 1.07 bits per heavy atom. The van der Waals surface area contributed by atoms with Crippen LogP contribution in [-0.2, 0) is 16.1 Å². The molecule has 0 bridgehead atoms. The fourth-order valence-electron chi connectivity index (χ4n) is 3.37. The Morgan fingerprint density at radius 2 is 1.62 bits per heavy atom. The van der Waals surface area contributed by atoms with Crippen molar-refractivity contribution >= 4 is 14.2 Å². The molecule has 0 saturated carbocycles. The average Bonchev–Trinajstić information content (AvgIpc) is 2.62. The second kappa shape index (κ2) is 11.5. The van der Waals surface area contributed by atoms with E-state index in [1.807, 2.05) is 71.0 Å². The highest BCUT2D eigenvalue weighted by Gasteiger charge is 2.34. The molecule has 1 N–H and O–H groups in total. The molecular formula is C23H39NO4Si. The summed E-state index contributed by atoms with van der Waals surface area (Å²) in [5.74, 6) is 0. The smallest absolute Gasteiger partial charge is 0.415 e. The van der Waals surface area contributed by atoms with Crippen LogP contribution in [0.2, 0.25) is 25.2 Å². The minimum absolute atomic E-state index is 0.0562. The van der Waals surface area contributed by atoms with Gasteiger partial charge in [0, 0.05) is 17.6 Å². The predicted molar refractivity (Wildman–Crippen MR) is 122 cm³/mol. The predicted octanol–water partition coefficient (Wildman–Crippen LogP) is 5.43. The number of carbonyl (C=O) groups excluding carboxylic acids is 1. The van der Waals surface area contributed by atoms with Crippen LogP contribution in [-0.4, -0.2) is 48.5 Å². The van der Waals surface area contributed by atoms with Crippen LogP contribution >= 0.6 is 0 Å². The second-order valence-electron chi connectivity index (χ2n) is 9.19. The van der Waals surface area contributed by atoms with E-state index in [4.69, 9.17) is 9.47 Å². The summed E-state index contributed by atoms with van der Waals surface area (Å²) in [5, 5.41) is 10.9.